The number of nitrogens with one attached hydrogen (secondary N) is 1. The van der Waals surface area contributed by atoms with Gasteiger partial charge in [-0.2, -0.15) is 11.3 Å². The lowest BCUT2D eigenvalue weighted by Crippen LogP contribution is -2.17. The van der Waals surface area contributed by atoms with Crippen molar-refractivity contribution >= 4 is 28.9 Å². The molecule has 1 amide bonds. The first kappa shape index (κ1) is 17.7. The van der Waals surface area contributed by atoms with Gasteiger partial charge in [-0.3, -0.25) is 4.79 Å². The second-order valence-electron chi connectivity index (χ2n) is 5.23. The van der Waals surface area contributed by atoms with E-state index in [1.54, 1.807) is 18.2 Å². The van der Waals surface area contributed by atoms with Gasteiger partial charge in [0.2, 0.25) is 0 Å². The average molecular weight is 377 g/mol. The summed E-state index contributed by atoms with van der Waals surface area (Å²) >= 11 is 0.941. The first-order valence-corrected chi connectivity index (χ1v) is 8.18. The number of rotatable bonds is 4. The van der Waals surface area contributed by atoms with Crippen LogP contribution in [-0.2, 0) is 0 Å². The molecule has 0 aliphatic heterocycles. The van der Waals surface area contributed by atoms with Crippen molar-refractivity contribution in [1.82, 2.24) is 0 Å². The predicted octanol–water partition coefficient (Wildman–Crippen LogP) is 4.78. The van der Waals surface area contributed by atoms with E-state index in [0.29, 0.717) is 0 Å². The number of amides is 1. The Kier molecular flexibility index (Phi) is 4.77. The lowest BCUT2D eigenvalue weighted by molar-refractivity contribution is 0.0693. The van der Waals surface area contributed by atoms with Gasteiger partial charge in [-0.05, 0) is 11.6 Å². The SMILES string of the molecule is O=C(O)c1cscc1C(=O)Nc1c(F)cc(-c2ccccc2)c(F)c1F. The van der Waals surface area contributed by atoms with E-state index >= 15 is 0 Å². The van der Waals surface area contributed by atoms with Crippen LogP contribution < -0.4 is 5.32 Å². The van der Waals surface area contributed by atoms with Crippen molar-refractivity contribution in [1.29, 1.82) is 0 Å². The molecule has 8 heteroatoms. The number of carbonyl (C=O) groups excluding carboxylic acids is 1. The molecule has 0 unspecified atom stereocenters. The molecule has 0 saturated carbocycles. The maximum Gasteiger partial charge on any atom is 0.337 e. The zero-order valence-electron chi connectivity index (χ0n) is 12.9. The van der Waals surface area contributed by atoms with Crippen LogP contribution in [0.1, 0.15) is 20.7 Å². The second-order valence-corrected chi connectivity index (χ2v) is 5.98. The van der Waals surface area contributed by atoms with Crippen LogP contribution in [0.15, 0.2) is 47.2 Å². The number of carboxylic acid groups (broad SMARTS) is 1. The molecule has 26 heavy (non-hydrogen) atoms. The summed E-state index contributed by atoms with van der Waals surface area (Å²) in [6, 6.07) is 8.59. The monoisotopic (exact) mass is 377 g/mol. The second kappa shape index (κ2) is 7.01. The average Bonchev–Trinajstić information content (AvgIpc) is 3.12. The number of aromatic carboxylic acids is 1. The van der Waals surface area contributed by atoms with E-state index in [9.17, 15) is 22.8 Å². The molecule has 2 N–H and O–H groups in total. The van der Waals surface area contributed by atoms with Gasteiger partial charge in [-0.25, -0.2) is 18.0 Å². The van der Waals surface area contributed by atoms with Crippen molar-refractivity contribution in [2.45, 2.75) is 0 Å². The molecule has 4 nitrogen and oxygen atoms in total. The third-order valence-corrected chi connectivity index (χ3v) is 4.36. The minimum atomic E-state index is -1.57. The van der Waals surface area contributed by atoms with Gasteiger partial charge >= 0.3 is 5.97 Å². The molecule has 0 aliphatic rings. The molecule has 0 radical (unpaired) electrons. The molecule has 0 spiro atoms. The van der Waals surface area contributed by atoms with Crippen molar-refractivity contribution in [2.75, 3.05) is 5.32 Å². The molecule has 1 aromatic heterocycles. The van der Waals surface area contributed by atoms with E-state index < -0.39 is 35.0 Å². The van der Waals surface area contributed by atoms with E-state index in [2.05, 4.69) is 0 Å². The van der Waals surface area contributed by atoms with Crippen molar-refractivity contribution in [3.63, 3.8) is 0 Å². The Bertz CT molecular complexity index is 1000. The van der Waals surface area contributed by atoms with Gasteiger partial charge in [0.1, 0.15) is 5.69 Å². The number of halogens is 3. The summed E-state index contributed by atoms with van der Waals surface area (Å²) in [5, 5.41) is 13.4. The lowest BCUT2D eigenvalue weighted by Gasteiger charge is -2.11. The highest BCUT2D eigenvalue weighted by Gasteiger charge is 2.24. The van der Waals surface area contributed by atoms with Crippen LogP contribution in [0.4, 0.5) is 18.9 Å². The largest absolute Gasteiger partial charge is 0.478 e. The van der Waals surface area contributed by atoms with Gasteiger partial charge in [0.05, 0.1) is 11.1 Å². The highest BCUT2D eigenvalue weighted by Crippen LogP contribution is 2.31. The summed E-state index contributed by atoms with van der Waals surface area (Å²) in [5.41, 5.74) is -1.58. The van der Waals surface area contributed by atoms with Crippen LogP contribution in [0.2, 0.25) is 0 Å². The summed E-state index contributed by atoms with van der Waals surface area (Å²) in [6.45, 7) is 0. The van der Waals surface area contributed by atoms with Crippen LogP contribution in [0, 0.1) is 17.5 Å². The van der Waals surface area contributed by atoms with Crippen LogP contribution >= 0.6 is 11.3 Å². The predicted molar refractivity (Wildman–Crippen MR) is 91.0 cm³/mol. The number of thiophene rings is 1. The Morgan fingerprint density at radius 2 is 1.62 bits per heavy atom. The summed E-state index contributed by atoms with van der Waals surface area (Å²) in [5.74, 6) is -6.47. The minimum Gasteiger partial charge on any atom is -0.478 e. The summed E-state index contributed by atoms with van der Waals surface area (Å²) in [4.78, 5) is 23.2. The molecule has 0 fully saturated rings. The lowest BCUT2D eigenvalue weighted by atomic mass is 10.0. The maximum atomic E-state index is 14.3. The first-order chi connectivity index (χ1) is 12.4. The number of benzene rings is 2. The van der Waals surface area contributed by atoms with E-state index in [1.807, 2.05) is 5.32 Å². The van der Waals surface area contributed by atoms with E-state index in [4.69, 9.17) is 5.11 Å². The Morgan fingerprint density at radius 1 is 0.962 bits per heavy atom. The quantitative estimate of drug-likeness (QED) is 0.643. The Balaban J connectivity index is 1.99. The number of hydrogen-bond acceptors (Lipinski definition) is 3. The molecule has 3 rings (SSSR count). The fourth-order valence-electron chi connectivity index (χ4n) is 2.36. The topological polar surface area (TPSA) is 66.4 Å². The fraction of sp³-hybridized carbons (Fsp3) is 0. The van der Waals surface area contributed by atoms with E-state index in [-0.39, 0.29) is 22.3 Å². The van der Waals surface area contributed by atoms with E-state index in [0.717, 1.165) is 17.4 Å². The zero-order chi connectivity index (χ0) is 18.8. The highest BCUT2D eigenvalue weighted by molar-refractivity contribution is 7.08. The fourth-order valence-corrected chi connectivity index (χ4v) is 3.16. The molecular weight excluding hydrogens is 367 g/mol. The number of carboxylic acids is 1. The third-order valence-electron chi connectivity index (χ3n) is 3.62. The van der Waals surface area contributed by atoms with Gasteiger partial charge in [0.15, 0.2) is 17.5 Å². The standard InChI is InChI=1S/C18H10F3NO3S/c19-13-6-10(9-4-2-1-3-5-9)14(20)15(21)16(13)22-17(23)11-7-26-8-12(11)18(24)25/h1-8H,(H,22,23)(H,24,25). The first-order valence-electron chi connectivity index (χ1n) is 7.24. The van der Waals surface area contributed by atoms with Gasteiger partial charge < -0.3 is 10.4 Å². The van der Waals surface area contributed by atoms with E-state index in [1.165, 1.54) is 22.9 Å². The van der Waals surface area contributed by atoms with Gasteiger partial charge in [-0.15, -0.1) is 0 Å². The normalized spacial score (nSPS) is 10.6. The number of carbonyl (C=O) groups is 2. The minimum absolute atomic E-state index is 0.270. The molecule has 132 valence electrons. The molecule has 0 aliphatic carbocycles. The van der Waals surface area contributed by atoms with Crippen LogP contribution in [0.3, 0.4) is 0 Å². The van der Waals surface area contributed by atoms with Crippen molar-refractivity contribution in [3.05, 3.63) is 75.7 Å². The summed E-state index contributed by atoms with van der Waals surface area (Å²) in [7, 11) is 0. The smallest absolute Gasteiger partial charge is 0.337 e. The van der Waals surface area contributed by atoms with Crippen molar-refractivity contribution in [2.24, 2.45) is 0 Å². The third kappa shape index (κ3) is 3.18. The molecular formula is C18H10F3NO3S. The van der Waals surface area contributed by atoms with Gasteiger partial charge in [0, 0.05) is 16.3 Å². The Labute approximate surface area is 149 Å². The zero-order valence-corrected chi connectivity index (χ0v) is 13.7. The highest BCUT2D eigenvalue weighted by atomic mass is 32.1. The summed E-state index contributed by atoms with van der Waals surface area (Å²) in [6.07, 6.45) is 0. The molecule has 0 atom stereocenters. The maximum absolute atomic E-state index is 14.3. The van der Waals surface area contributed by atoms with Crippen LogP contribution in [0.25, 0.3) is 11.1 Å². The van der Waals surface area contributed by atoms with Gasteiger partial charge in [-0.1, -0.05) is 30.3 Å². The molecule has 0 saturated heterocycles. The van der Waals surface area contributed by atoms with Crippen LogP contribution in [0.5, 0.6) is 0 Å². The number of hydrogen-bond donors (Lipinski definition) is 2. The van der Waals surface area contributed by atoms with Crippen molar-refractivity contribution in [3.8, 4) is 11.1 Å². The Morgan fingerprint density at radius 3 is 2.27 bits per heavy atom. The Hall–Kier alpha value is -3.13. The molecule has 2 aromatic carbocycles. The van der Waals surface area contributed by atoms with Gasteiger partial charge in [0.25, 0.3) is 5.91 Å². The van der Waals surface area contributed by atoms with Crippen molar-refractivity contribution < 1.29 is 27.9 Å². The molecule has 0 bridgehead atoms. The number of anilines is 1. The van der Waals surface area contributed by atoms with Crippen LogP contribution in [-0.4, -0.2) is 17.0 Å². The molecule has 1 heterocycles. The molecule has 3 aromatic rings. The summed E-state index contributed by atoms with van der Waals surface area (Å²) < 4.78 is 43.0.